The molecule has 1 aromatic carbocycles. The fraction of sp³-hybridized carbons (Fsp3) is 0.600. The van der Waals surface area contributed by atoms with Gasteiger partial charge in [0.05, 0.1) is 10.1 Å². The third-order valence-corrected chi connectivity index (χ3v) is 5.30. The first-order valence-corrected chi connectivity index (χ1v) is 7.80. The average Bonchev–Trinajstić information content (AvgIpc) is 2.40. The molecule has 19 heavy (non-hydrogen) atoms. The van der Waals surface area contributed by atoms with Gasteiger partial charge in [-0.25, -0.2) is 4.39 Å². The summed E-state index contributed by atoms with van der Waals surface area (Å²) < 4.78 is 13.9. The number of aliphatic hydroxyl groups is 1. The Kier molecular flexibility index (Phi) is 3.67. The lowest BCUT2D eigenvalue weighted by molar-refractivity contribution is -0.0861. The van der Waals surface area contributed by atoms with Crippen molar-refractivity contribution in [1.29, 1.82) is 0 Å². The van der Waals surface area contributed by atoms with Crippen molar-refractivity contribution in [1.82, 2.24) is 5.32 Å². The maximum Gasteiger partial charge on any atom is 0.137 e. The van der Waals surface area contributed by atoms with Crippen molar-refractivity contribution in [3.63, 3.8) is 0 Å². The minimum atomic E-state index is -0.533. The van der Waals surface area contributed by atoms with Crippen LogP contribution in [-0.2, 0) is 0 Å². The molecule has 104 valence electrons. The van der Waals surface area contributed by atoms with E-state index in [1.165, 1.54) is 12.5 Å². The first-order chi connectivity index (χ1) is 9.10. The molecule has 3 atom stereocenters. The van der Waals surface area contributed by atoms with E-state index in [1.54, 1.807) is 0 Å². The summed E-state index contributed by atoms with van der Waals surface area (Å²) in [5.74, 6) is 0.00539. The standard InChI is InChI=1S/C15H19BrFNO/c16-12-9-10(4-5-13(12)17)14-11-3-1-2-6-15(11,19)7-8-18-14/h4-5,9,11,14,18-19H,1-3,6-8H2/t11-,14+,15+/m0/s1. The van der Waals surface area contributed by atoms with Gasteiger partial charge in [-0.05, 0) is 59.4 Å². The van der Waals surface area contributed by atoms with Crippen LogP contribution >= 0.6 is 15.9 Å². The van der Waals surface area contributed by atoms with Crippen LogP contribution in [0.1, 0.15) is 43.7 Å². The molecule has 2 aliphatic rings. The highest BCUT2D eigenvalue weighted by Gasteiger charge is 2.45. The number of fused-ring (bicyclic) bond motifs is 1. The van der Waals surface area contributed by atoms with Crippen molar-refractivity contribution in [2.24, 2.45) is 5.92 Å². The molecule has 0 amide bonds. The van der Waals surface area contributed by atoms with Crippen LogP contribution in [0.4, 0.5) is 4.39 Å². The average molecular weight is 328 g/mol. The van der Waals surface area contributed by atoms with E-state index in [4.69, 9.17) is 0 Å². The molecule has 0 aromatic heterocycles. The summed E-state index contributed by atoms with van der Waals surface area (Å²) in [5, 5.41) is 14.3. The van der Waals surface area contributed by atoms with E-state index in [0.717, 1.165) is 37.8 Å². The Hall–Kier alpha value is -0.450. The molecule has 3 rings (SSSR count). The Morgan fingerprint density at radius 3 is 2.95 bits per heavy atom. The molecule has 0 spiro atoms. The molecule has 1 saturated carbocycles. The van der Waals surface area contributed by atoms with Gasteiger partial charge in [-0.15, -0.1) is 0 Å². The van der Waals surface area contributed by atoms with Gasteiger partial charge < -0.3 is 10.4 Å². The van der Waals surface area contributed by atoms with Crippen molar-refractivity contribution < 1.29 is 9.50 Å². The number of rotatable bonds is 1. The third kappa shape index (κ3) is 2.46. The summed E-state index contributed by atoms with van der Waals surface area (Å²) in [6.45, 7) is 0.826. The monoisotopic (exact) mass is 327 g/mol. The van der Waals surface area contributed by atoms with Crippen LogP contribution < -0.4 is 5.32 Å². The highest BCUT2D eigenvalue weighted by atomic mass is 79.9. The van der Waals surface area contributed by atoms with Crippen molar-refractivity contribution in [2.75, 3.05) is 6.54 Å². The topological polar surface area (TPSA) is 32.3 Å². The van der Waals surface area contributed by atoms with Crippen molar-refractivity contribution >= 4 is 15.9 Å². The molecule has 1 aromatic rings. The summed E-state index contributed by atoms with van der Waals surface area (Å²) in [6.07, 6.45) is 5.07. The Morgan fingerprint density at radius 2 is 2.16 bits per heavy atom. The summed E-state index contributed by atoms with van der Waals surface area (Å²) in [6, 6.07) is 5.30. The van der Waals surface area contributed by atoms with Crippen molar-refractivity contribution in [3.8, 4) is 0 Å². The van der Waals surface area contributed by atoms with Crippen LogP contribution in [0.25, 0.3) is 0 Å². The predicted octanol–water partition coefficient (Wildman–Crippen LogP) is 3.54. The largest absolute Gasteiger partial charge is 0.389 e. The Morgan fingerprint density at radius 1 is 1.32 bits per heavy atom. The van der Waals surface area contributed by atoms with Gasteiger partial charge in [0.1, 0.15) is 5.82 Å². The maximum absolute atomic E-state index is 13.4. The third-order valence-electron chi connectivity index (χ3n) is 4.69. The molecule has 1 saturated heterocycles. The second kappa shape index (κ2) is 5.15. The molecular weight excluding hydrogens is 309 g/mol. The second-order valence-electron chi connectivity index (χ2n) is 5.81. The molecule has 4 heteroatoms. The summed E-state index contributed by atoms with van der Waals surface area (Å²) in [5.41, 5.74) is 0.535. The molecular formula is C15H19BrFNO. The molecule has 1 aliphatic heterocycles. The normalized spacial score (nSPS) is 34.9. The fourth-order valence-electron chi connectivity index (χ4n) is 3.68. The van der Waals surface area contributed by atoms with Gasteiger partial charge >= 0.3 is 0 Å². The van der Waals surface area contributed by atoms with E-state index >= 15 is 0 Å². The van der Waals surface area contributed by atoms with Gasteiger partial charge in [0, 0.05) is 12.0 Å². The Balaban J connectivity index is 1.92. The van der Waals surface area contributed by atoms with Gasteiger partial charge in [0.15, 0.2) is 0 Å². The van der Waals surface area contributed by atoms with E-state index in [0.29, 0.717) is 4.47 Å². The zero-order chi connectivity index (χ0) is 13.5. The first kappa shape index (κ1) is 13.5. The van der Waals surface area contributed by atoms with Gasteiger partial charge in [-0.1, -0.05) is 18.9 Å². The van der Waals surface area contributed by atoms with Crippen molar-refractivity contribution in [3.05, 3.63) is 34.1 Å². The van der Waals surface area contributed by atoms with Gasteiger partial charge in [0.2, 0.25) is 0 Å². The number of nitrogens with one attached hydrogen (secondary N) is 1. The first-order valence-electron chi connectivity index (χ1n) is 7.01. The minimum Gasteiger partial charge on any atom is -0.389 e. The zero-order valence-electron chi connectivity index (χ0n) is 10.8. The van der Waals surface area contributed by atoms with E-state index in [1.807, 2.05) is 12.1 Å². The molecule has 2 fully saturated rings. The maximum atomic E-state index is 13.4. The highest BCUT2D eigenvalue weighted by Crippen LogP contribution is 2.45. The lowest BCUT2D eigenvalue weighted by Gasteiger charge is -2.48. The molecule has 1 heterocycles. The Bertz CT molecular complexity index is 477. The summed E-state index contributed by atoms with van der Waals surface area (Å²) >= 11 is 3.25. The zero-order valence-corrected chi connectivity index (χ0v) is 12.4. The van der Waals surface area contributed by atoms with Crippen LogP contribution in [0.15, 0.2) is 22.7 Å². The van der Waals surface area contributed by atoms with Crippen LogP contribution in [0.5, 0.6) is 0 Å². The molecule has 2 N–H and O–H groups in total. The fourth-order valence-corrected chi connectivity index (χ4v) is 4.08. The molecule has 2 nitrogen and oxygen atoms in total. The summed E-state index contributed by atoms with van der Waals surface area (Å²) in [4.78, 5) is 0. The number of benzene rings is 1. The number of piperidine rings is 1. The Labute approximate surface area is 121 Å². The number of hydrogen-bond acceptors (Lipinski definition) is 2. The second-order valence-corrected chi connectivity index (χ2v) is 6.67. The van der Waals surface area contributed by atoms with Gasteiger partial charge in [0.25, 0.3) is 0 Å². The number of halogens is 2. The number of hydrogen-bond donors (Lipinski definition) is 2. The quantitative estimate of drug-likeness (QED) is 0.826. The predicted molar refractivity (Wildman–Crippen MR) is 76.4 cm³/mol. The SMILES string of the molecule is O[C@@]12CCCC[C@H]1[C@@H](c1ccc(F)c(Br)c1)NCC2. The van der Waals surface area contributed by atoms with Gasteiger partial charge in [-0.3, -0.25) is 0 Å². The lowest BCUT2D eigenvalue weighted by atomic mass is 9.67. The molecule has 1 aliphatic carbocycles. The summed E-state index contributed by atoms with van der Waals surface area (Å²) in [7, 11) is 0. The van der Waals surface area contributed by atoms with E-state index in [9.17, 15) is 9.50 Å². The van der Waals surface area contributed by atoms with Crippen molar-refractivity contribution in [2.45, 2.75) is 43.7 Å². The van der Waals surface area contributed by atoms with Gasteiger partial charge in [-0.2, -0.15) is 0 Å². The van der Waals surface area contributed by atoms with E-state index < -0.39 is 5.60 Å². The lowest BCUT2D eigenvalue weighted by Crippen LogP contribution is -2.53. The molecule has 0 radical (unpaired) electrons. The van der Waals surface area contributed by atoms with Crippen LogP contribution in [0, 0.1) is 11.7 Å². The smallest absolute Gasteiger partial charge is 0.137 e. The minimum absolute atomic E-state index is 0.135. The molecule has 0 unspecified atom stereocenters. The van der Waals surface area contributed by atoms with Crippen LogP contribution in [-0.4, -0.2) is 17.3 Å². The highest BCUT2D eigenvalue weighted by molar-refractivity contribution is 9.10. The molecule has 0 bridgehead atoms. The van der Waals surface area contributed by atoms with E-state index in [-0.39, 0.29) is 17.8 Å². The van der Waals surface area contributed by atoms with Crippen LogP contribution in [0.3, 0.4) is 0 Å². The van der Waals surface area contributed by atoms with Crippen LogP contribution in [0.2, 0.25) is 0 Å². The van der Waals surface area contributed by atoms with E-state index in [2.05, 4.69) is 21.2 Å².